The monoisotopic (exact) mass is 1830 g/mol. The van der Waals surface area contributed by atoms with Crippen LogP contribution in [0.2, 0.25) is 0 Å². The van der Waals surface area contributed by atoms with Gasteiger partial charge in [0, 0.05) is 37.2 Å². The number of amides is 20. The van der Waals surface area contributed by atoms with Crippen LogP contribution in [0, 0.1) is 27.9 Å². The highest BCUT2D eigenvalue weighted by Gasteiger charge is 2.43. The number of nitrogens with two attached hydrogens (primary N) is 3. The number of carbonyl (C=O) groups is 22. The Kier molecular flexibility index (Phi) is 46.9. The molecule has 1 aromatic carbocycles. The van der Waals surface area contributed by atoms with Gasteiger partial charge in [-0.1, -0.05) is 41.5 Å². The summed E-state index contributed by atoms with van der Waals surface area (Å²) in [5, 5.41) is 111. The largest absolute Gasteiger partial charge is 0.481 e. The van der Waals surface area contributed by atoms with Gasteiger partial charge < -0.3 is 143 Å². The summed E-state index contributed by atoms with van der Waals surface area (Å²) in [5.74, 6) is -27.1. The van der Waals surface area contributed by atoms with Crippen LogP contribution < -0.4 is 108 Å². The zero-order chi connectivity index (χ0) is 98.5. The predicted molar refractivity (Wildman–Crippen MR) is 447 cm³/mol. The van der Waals surface area contributed by atoms with Crippen molar-refractivity contribution >= 4 is 141 Å². The number of rotatable bonds is 55. The van der Waals surface area contributed by atoms with Crippen molar-refractivity contribution in [3.63, 3.8) is 0 Å². The number of hydrogen-bond donors (Lipinski definition) is 26. The molecule has 1 aliphatic rings. The Labute approximate surface area is 739 Å². The molecule has 52 nitrogen and oxygen atoms in total. The highest BCUT2D eigenvalue weighted by atomic mass is 16.6. The number of likely N-dealkylation sites (tertiary alicyclic amines) is 1. The molecule has 0 spiro atoms. The van der Waals surface area contributed by atoms with Crippen LogP contribution in [-0.2, 0) is 105 Å². The van der Waals surface area contributed by atoms with Crippen molar-refractivity contribution in [3.8, 4) is 0 Å². The number of nitrogens with one attached hydrogen (secondary N) is 17. The van der Waals surface area contributed by atoms with Crippen LogP contribution in [0.25, 0.3) is 0 Å². The molecule has 720 valence electrons. The third-order valence-electron chi connectivity index (χ3n) is 19.4. The molecule has 0 saturated carbocycles. The number of primary amides is 2. The van der Waals surface area contributed by atoms with Crippen molar-refractivity contribution in [1.29, 1.82) is 0 Å². The number of hydrogen-bond acceptors (Lipinski definition) is 29. The van der Waals surface area contributed by atoms with E-state index in [4.69, 9.17) is 17.2 Å². The Bertz CT molecular complexity index is 4210. The van der Waals surface area contributed by atoms with E-state index in [1.54, 1.807) is 27.7 Å². The zero-order valence-corrected chi connectivity index (χ0v) is 73.5. The number of carboxylic acid groups (broad SMARTS) is 2. The molecule has 0 aliphatic carbocycles. The minimum atomic E-state index is -2.11. The molecule has 1 saturated heterocycles. The van der Waals surface area contributed by atoms with Gasteiger partial charge in [-0.25, -0.2) is 0 Å². The summed E-state index contributed by atoms with van der Waals surface area (Å²) in [5.41, 5.74) is 16.0. The number of carbonyl (C=O) groups excluding carboxylic acids is 20. The molecule has 1 fully saturated rings. The highest BCUT2D eigenvalue weighted by Crippen LogP contribution is 2.22. The maximum atomic E-state index is 14.3. The minimum absolute atomic E-state index is 0.0671. The fraction of sp³-hybridized carbons (Fsp3) is 0.636. The highest BCUT2D eigenvalue weighted by molar-refractivity contribution is 6.03. The lowest BCUT2D eigenvalue weighted by Crippen LogP contribution is -2.62. The number of nitro benzene ring substituents is 1. The molecule has 1 heterocycles. The first kappa shape index (κ1) is 112. The van der Waals surface area contributed by atoms with Gasteiger partial charge in [0.15, 0.2) is 0 Å². The number of nitrogens with zero attached hydrogens (tertiary/aromatic N) is 2. The summed E-state index contributed by atoms with van der Waals surface area (Å²) in [6.45, 7) is 14.5. The maximum absolute atomic E-state index is 14.3. The fourth-order valence-corrected chi connectivity index (χ4v) is 12.3. The molecule has 0 aromatic heterocycles. The first-order valence-corrected chi connectivity index (χ1v) is 41.1. The lowest BCUT2D eigenvalue weighted by atomic mass is 10.0. The number of anilines is 1. The molecule has 2 rings (SSSR count). The average Bonchev–Trinajstić information content (AvgIpc) is 1.71. The molecule has 1 aliphatic heterocycles. The third-order valence-corrected chi connectivity index (χ3v) is 19.4. The Hall–Kier alpha value is -13.2. The van der Waals surface area contributed by atoms with Gasteiger partial charge in [-0.2, -0.15) is 0 Å². The Morgan fingerprint density at radius 1 is 0.426 bits per heavy atom. The number of aliphatic carboxylic acids is 2. The van der Waals surface area contributed by atoms with Gasteiger partial charge >= 0.3 is 11.9 Å². The molecule has 0 radical (unpaired) electrons. The van der Waals surface area contributed by atoms with Gasteiger partial charge in [0.2, 0.25) is 118 Å². The number of aliphatic hydroxyl groups excluding tert-OH is 4. The van der Waals surface area contributed by atoms with Crippen molar-refractivity contribution in [2.75, 3.05) is 31.6 Å². The van der Waals surface area contributed by atoms with E-state index < -0.39 is 320 Å². The molecule has 20 amide bonds. The quantitative estimate of drug-likeness (QED) is 0.0213. The summed E-state index contributed by atoms with van der Waals surface area (Å²) < 4.78 is 0. The summed E-state index contributed by atoms with van der Waals surface area (Å²) >= 11 is 0. The van der Waals surface area contributed by atoms with E-state index in [1.807, 2.05) is 0 Å². The normalized spacial score (nSPS) is 16.5. The molecule has 129 heavy (non-hydrogen) atoms. The molecule has 0 bridgehead atoms. The van der Waals surface area contributed by atoms with E-state index >= 15 is 0 Å². The molecule has 29 N–H and O–H groups in total. The van der Waals surface area contributed by atoms with Crippen LogP contribution in [0.5, 0.6) is 0 Å². The van der Waals surface area contributed by atoms with Crippen LogP contribution >= 0.6 is 0 Å². The first-order chi connectivity index (χ1) is 60.0. The predicted octanol–water partition coefficient (Wildman–Crippen LogP) is -10.7. The van der Waals surface area contributed by atoms with Crippen LogP contribution in [0.3, 0.4) is 0 Å². The summed E-state index contributed by atoms with van der Waals surface area (Å²) in [6, 6.07) is -22.4. The Morgan fingerprint density at radius 2 is 0.814 bits per heavy atom. The van der Waals surface area contributed by atoms with Crippen molar-refractivity contribution in [3.05, 3.63) is 34.4 Å². The lowest BCUT2D eigenvalue weighted by molar-refractivity contribution is -0.384. The van der Waals surface area contributed by atoms with Gasteiger partial charge in [-0.3, -0.25) is 116 Å². The zero-order valence-electron chi connectivity index (χ0n) is 73.5. The number of benzene rings is 1. The molecular weight excluding hydrogens is 1710 g/mol. The molecule has 19 atom stereocenters. The first-order valence-electron chi connectivity index (χ1n) is 41.1. The van der Waals surface area contributed by atoms with Gasteiger partial charge in [0.1, 0.15) is 96.7 Å². The van der Waals surface area contributed by atoms with Crippen LogP contribution in [0.15, 0.2) is 24.3 Å². The van der Waals surface area contributed by atoms with E-state index in [2.05, 4.69) is 90.4 Å². The minimum Gasteiger partial charge on any atom is -0.481 e. The van der Waals surface area contributed by atoms with Crippen molar-refractivity contribution in [2.45, 2.75) is 269 Å². The van der Waals surface area contributed by atoms with E-state index in [0.717, 1.165) is 51.7 Å². The van der Waals surface area contributed by atoms with Crippen molar-refractivity contribution in [2.24, 2.45) is 35.0 Å². The van der Waals surface area contributed by atoms with Gasteiger partial charge in [0.05, 0.1) is 55.8 Å². The second-order valence-corrected chi connectivity index (χ2v) is 31.9. The van der Waals surface area contributed by atoms with E-state index in [-0.39, 0.29) is 49.5 Å². The smallest absolute Gasteiger partial charge is 0.305 e. The van der Waals surface area contributed by atoms with Crippen molar-refractivity contribution in [1.82, 2.24) is 90.0 Å². The summed E-state index contributed by atoms with van der Waals surface area (Å²) in [4.78, 5) is 304. The fourth-order valence-electron chi connectivity index (χ4n) is 12.3. The van der Waals surface area contributed by atoms with Crippen LogP contribution in [0.1, 0.15) is 154 Å². The second-order valence-electron chi connectivity index (χ2n) is 31.9. The standard InChI is InChI=1S/C77H122N22O30/c1-32(2)25-46(87-54(106)29-78)68(118)82-37(9)64(114)95-59(39(11)101)74(124)81-30-55(107)88-48(27-53(80)105)71(121)94-58(34(5)6)75(125)93-50(31-100)72(122)96-60(40(12)102)76(126)85-36(8)63(113)89-45(21-23-56(108)109)67(117)91-47(26-33(3)4)70(120)90-44(20-22-52(79)104)66(116)92-49(28-57(110)111)69(119)83-38(10)65(115)97-61(41(13)103)77(127)98-24-14-15-51(98)73(123)84-35(7)62(112)86-42-16-18-43(19-17-42)99(128)129/h16-19,32-41,44-51,58-61,100-103H,14-15,20-31,78H2,1-13H3,(H2,79,104)(H2,80,105)(H,81,124)(H,82,118)(H,83,119)(H,84,123)(H,85,126)(H,86,112)(H,87,106)(H,88,107)(H,89,113)(H,90,120)(H,91,117)(H,92,116)(H,93,125)(H,94,121)(H,95,114)(H,96,122)(H,97,115)(H,108,109)(H,110,111)/t35-,36-,37-,38-,39+,40+,41-,44-,45-,46-,47-,48-,49-,50-,51-,58-,59-,60-,61-/m0/s1. The molecule has 52 heteroatoms. The molecular formula is C77H122N22O30. The Morgan fingerprint density at radius 3 is 1.29 bits per heavy atom. The van der Waals surface area contributed by atoms with Crippen LogP contribution in [0.4, 0.5) is 11.4 Å². The summed E-state index contributed by atoms with van der Waals surface area (Å²) in [7, 11) is 0. The number of non-ortho nitro benzene ring substituents is 1. The summed E-state index contributed by atoms with van der Waals surface area (Å²) in [6.07, 6.45) is -10.0. The average molecular weight is 1840 g/mol. The van der Waals surface area contributed by atoms with E-state index in [1.165, 1.54) is 39.8 Å². The van der Waals surface area contributed by atoms with E-state index in [9.17, 15) is 146 Å². The van der Waals surface area contributed by atoms with E-state index in [0.29, 0.717) is 0 Å². The topological polar surface area (TPSA) is 826 Å². The Balaban J connectivity index is 2.27. The number of carboxylic acids is 2. The molecule has 0 unspecified atom stereocenters. The maximum Gasteiger partial charge on any atom is 0.305 e. The second kappa shape index (κ2) is 54.1. The lowest BCUT2D eigenvalue weighted by Gasteiger charge is -2.31. The van der Waals surface area contributed by atoms with Gasteiger partial charge in [-0.05, 0) is 117 Å². The molecule has 1 aromatic rings. The van der Waals surface area contributed by atoms with Crippen molar-refractivity contribution < 1.29 is 141 Å². The van der Waals surface area contributed by atoms with Gasteiger partial charge in [-0.15, -0.1) is 0 Å². The number of nitro groups is 1. The van der Waals surface area contributed by atoms with Crippen LogP contribution in [-0.4, -0.2) is 312 Å². The van der Waals surface area contributed by atoms with Gasteiger partial charge in [0.25, 0.3) is 5.69 Å². The number of aliphatic hydroxyl groups is 4. The third kappa shape index (κ3) is 38.9. The SMILES string of the molecule is CC(C)C[C@H](NC(=O)CN)C(=O)N[C@@H](C)C(=O)N[C@H](C(=O)NCC(=O)N[C@@H](CC(N)=O)C(=O)N[C@H](C(=O)N[C@@H](CO)C(=O)N[C@H](C(=O)N[C@@H](C)C(=O)N[C@@H](CCC(=O)O)C(=O)N[C@@H](CC(C)C)C(=O)N[C@@H](CCC(N)=O)C(=O)N[C@@H](CC(=O)O)C(=O)N[C@@H](C)C(=O)N[C@H](C(=O)N1CCC[C@H]1C(=O)N[C@@H](C)C(=O)Nc1ccc([N+](=O)[O-])cc1)[C@H](C)O)[C@@H](C)O)C(C)C)[C@@H](C)O.